The molecule has 0 aliphatic rings. The Hall–Kier alpha value is -8.85. The lowest BCUT2D eigenvalue weighted by molar-refractivity contribution is -0.134. The molecule has 3 rings (SSSR count). The van der Waals surface area contributed by atoms with E-state index in [0.29, 0.717) is 53.8 Å². The van der Waals surface area contributed by atoms with Crippen molar-refractivity contribution >= 4 is 117 Å². The van der Waals surface area contributed by atoms with Crippen molar-refractivity contribution in [3.05, 3.63) is 71.2 Å². The molecule has 7 atom stereocenters. The Morgan fingerprint density at radius 1 is 0.511 bits per heavy atom. The number of carbonyl (C=O) groups excluding carboxylic acids is 14. The van der Waals surface area contributed by atoms with Gasteiger partial charge in [0.05, 0.1) is 45.4 Å². The fraction of sp³-hybridized carbons (Fsp3) is 0.509. The Labute approximate surface area is 527 Å². The van der Waals surface area contributed by atoms with E-state index >= 15 is 0 Å². The average Bonchev–Trinajstić information content (AvgIpc) is 2.16. The largest absolute Gasteiger partial charge is 0.391 e. The number of thioether (sulfide) groups is 2. The molecule has 0 saturated heterocycles. The Morgan fingerprint density at radius 3 is 1.53 bits per heavy atom. The minimum Gasteiger partial charge on any atom is -0.391 e. The topological polar surface area (TPSA) is 471 Å². The zero-order valence-corrected chi connectivity index (χ0v) is 52.3. The second-order valence-electron chi connectivity index (χ2n) is 20.7. The van der Waals surface area contributed by atoms with Gasteiger partial charge < -0.3 is 85.4 Å². The summed E-state index contributed by atoms with van der Waals surface area (Å²) in [4.78, 5) is 181. The maximum atomic E-state index is 14.2. The highest BCUT2D eigenvalue weighted by molar-refractivity contribution is 7.98. The van der Waals surface area contributed by atoms with Gasteiger partial charge in [-0.3, -0.25) is 67.1 Å². The minimum absolute atomic E-state index is 0.0505. The molecular weight excluding hydrogens is 1220 g/mol. The third-order valence-electron chi connectivity index (χ3n) is 12.8. The molecule has 3 aromatic rings. The number of amides is 14. The van der Waals surface area contributed by atoms with Gasteiger partial charge in [0.15, 0.2) is 0 Å². The Kier molecular flexibility index (Phi) is 33.4. The molecule has 0 unspecified atom stereocenters. The van der Waals surface area contributed by atoms with Crippen LogP contribution in [0.5, 0.6) is 0 Å². The zero-order chi connectivity index (χ0) is 66.9. The monoisotopic (exact) mass is 1300 g/mol. The van der Waals surface area contributed by atoms with Crippen molar-refractivity contribution in [3.63, 3.8) is 0 Å². The van der Waals surface area contributed by atoms with E-state index in [1.807, 2.05) is 31.2 Å². The number of aromatic amines is 1. The summed E-state index contributed by atoms with van der Waals surface area (Å²) in [6.07, 6.45) is 0.410. The van der Waals surface area contributed by atoms with Crippen molar-refractivity contribution in [2.75, 3.05) is 50.8 Å². The van der Waals surface area contributed by atoms with Crippen LogP contribution in [0.25, 0.3) is 10.9 Å². The Bertz CT molecular complexity index is 3020. The van der Waals surface area contributed by atoms with Crippen LogP contribution >= 0.6 is 23.5 Å². The summed E-state index contributed by atoms with van der Waals surface area (Å²) >= 11 is 2.64. The lowest BCUT2D eigenvalue weighted by Gasteiger charge is -2.23. The number of carbonyl (C=O) groups is 14. The molecule has 494 valence electrons. The van der Waals surface area contributed by atoms with Crippen LogP contribution in [0, 0.1) is 5.82 Å². The predicted molar refractivity (Wildman–Crippen MR) is 331 cm³/mol. The summed E-state index contributed by atoms with van der Waals surface area (Å²) in [6.45, 7) is 3.82. The number of aliphatic hydroxyl groups excluding tert-OH is 1. The molecule has 0 aliphatic carbocycles. The lowest BCUT2D eigenvalue weighted by Crippen LogP contribution is -2.57. The van der Waals surface area contributed by atoms with Crippen LogP contribution in [0.15, 0.2) is 48.5 Å². The van der Waals surface area contributed by atoms with Gasteiger partial charge in [-0.05, 0) is 61.6 Å². The quantitative estimate of drug-likeness (QED) is 0.0261. The van der Waals surface area contributed by atoms with E-state index in [2.05, 4.69) is 68.8 Å². The molecule has 0 aliphatic heterocycles. The van der Waals surface area contributed by atoms with E-state index in [1.54, 1.807) is 19.9 Å². The van der Waals surface area contributed by atoms with Crippen molar-refractivity contribution in [2.24, 2.45) is 11.5 Å². The third-order valence-corrected chi connectivity index (χ3v) is 15.0. The highest BCUT2D eigenvalue weighted by atomic mass is 32.2. The number of halogens is 1. The SMILES string of the molecule is CCCC(=O)N[C@@H](CSCc1cccc(CSC[C@H](NC(=O)CNC(C)=O)C(=O)N[C@@H](Cc2cc3cc(F)ccc3[nH]2)C(=O)NCC(=O)NCC(=O)N[C@H](C(=O)NCC(=O)N[C@@H](CCC)C(=O)NCC(=O)NCC(=O)N[C@@H](CCC)C(N)=O)[C@@H](C)O)c1)C(N)=O. The fourth-order valence-corrected chi connectivity index (χ4v) is 10.3. The molecule has 90 heavy (non-hydrogen) atoms. The van der Waals surface area contributed by atoms with E-state index in [0.717, 1.165) is 18.1 Å². The highest BCUT2D eigenvalue weighted by Crippen LogP contribution is 2.21. The van der Waals surface area contributed by atoms with Gasteiger partial charge in [0.2, 0.25) is 82.7 Å². The summed E-state index contributed by atoms with van der Waals surface area (Å²) in [5.41, 5.74) is 13.4. The number of aromatic nitrogens is 1. The zero-order valence-electron chi connectivity index (χ0n) is 50.7. The highest BCUT2D eigenvalue weighted by Gasteiger charge is 2.30. The average molecular weight is 1300 g/mol. The predicted octanol–water partition coefficient (Wildman–Crippen LogP) is -3.61. The van der Waals surface area contributed by atoms with Gasteiger partial charge in [-0.15, -0.1) is 0 Å². The first-order valence-corrected chi connectivity index (χ1v) is 31.2. The second-order valence-corrected chi connectivity index (χ2v) is 22.7. The number of primary amides is 2. The molecule has 30 nitrogen and oxygen atoms in total. The Balaban J connectivity index is 1.63. The smallest absolute Gasteiger partial charge is 0.245 e. The molecule has 0 fully saturated rings. The number of hydrogen-bond acceptors (Lipinski definition) is 17. The maximum Gasteiger partial charge on any atom is 0.245 e. The number of aliphatic hydroxyl groups is 1. The van der Waals surface area contributed by atoms with E-state index in [1.165, 1.54) is 48.6 Å². The number of fused-ring (bicyclic) bond motifs is 1. The minimum atomic E-state index is -1.67. The number of hydrogen-bond donors (Lipinski definition) is 16. The first-order valence-electron chi connectivity index (χ1n) is 28.9. The van der Waals surface area contributed by atoms with Crippen LogP contribution in [0.3, 0.4) is 0 Å². The van der Waals surface area contributed by atoms with Gasteiger partial charge in [0, 0.05) is 59.4 Å². The van der Waals surface area contributed by atoms with Crippen LogP contribution in [0.1, 0.15) is 90.0 Å². The van der Waals surface area contributed by atoms with E-state index in [4.69, 9.17) is 11.5 Å². The molecule has 1 heterocycles. The molecule has 0 saturated carbocycles. The van der Waals surface area contributed by atoms with E-state index in [9.17, 15) is 76.6 Å². The number of H-pyrrole nitrogens is 1. The number of rotatable bonds is 41. The fourth-order valence-electron chi connectivity index (χ4n) is 8.29. The summed E-state index contributed by atoms with van der Waals surface area (Å²) in [5.74, 6) is -10.3. The van der Waals surface area contributed by atoms with Crippen LogP contribution in [-0.4, -0.2) is 186 Å². The molecule has 1 aromatic heterocycles. The summed E-state index contributed by atoms with van der Waals surface area (Å²) < 4.78 is 14.2. The number of nitrogens with two attached hydrogens (primary N) is 2. The summed E-state index contributed by atoms with van der Waals surface area (Å²) in [6, 6.07) is 5.53. The molecular formula is C57H82FN15O15S2. The van der Waals surface area contributed by atoms with Crippen molar-refractivity contribution in [3.8, 4) is 0 Å². The van der Waals surface area contributed by atoms with Crippen molar-refractivity contribution in [1.29, 1.82) is 0 Å². The van der Waals surface area contributed by atoms with E-state index < -0.39 is 164 Å². The molecule has 0 radical (unpaired) electrons. The molecule has 33 heteroatoms. The lowest BCUT2D eigenvalue weighted by atomic mass is 10.1. The van der Waals surface area contributed by atoms with Gasteiger partial charge in [0.1, 0.15) is 42.1 Å². The van der Waals surface area contributed by atoms with Gasteiger partial charge >= 0.3 is 0 Å². The second kappa shape index (κ2) is 39.9. The number of nitrogens with one attached hydrogen (secondary N) is 13. The first-order chi connectivity index (χ1) is 42.7. The number of benzene rings is 2. The normalized spacial score (nSPS) is 13.2. The maximum absolute atomic E-state index is 14.2. The molecule has 14 amide bonds. The van der Waals surface area contributed by atoms with Crippen LogP contribution < -0.4 is 75.3 Å². The molecule has 18 N–H and O–H groups in total. The Morgan fingerprint density at radius 2 is 0.989 bits per heavy atom. The molecule has 0 spiro atoms. The summed E-state index contributed by atoms with van der Waals surface area (Å²) in [5, 5.41) is 39.6. The van der Waals surface area contributed by atoms with Gasteiger partial charge in [-0.25, -0.2) is 4.39 Å². The van der Waals surface area contributed by atoms with Crippen molar-refractivity contribution in [1.82, 2.24) is 68.8 Å². The van der Waals surface area contributed by atoms with Crippen LogP contribution in [-0.2, 0) is 85.1 Å². The third kappa shape index (κ3) is 29.0. The van der Waals surface area contributed by atoms with Gasteiger partial charge in [-0.2, -0.15) is 23.5 Å². The standard InChI is InChI=1S/C57H82FN15O15S2/c1-6-10-39(52(59)83)68-48(80)24-62-45(77)21-64-54(85)40(11-7-2)69-49(81)26-66-57(88)51(31(4)74)73-50(82)25-63-46(78)22-65-55(86)41(20-37-19-35-18-36(58)15-16-38(35)67-37)72-56(87)43(71-47(79)23-61-32(5)75)30-90-28-34-14-9-13-33(17-34)27-89-29-42(53(60)84)70-44(76)12-8-3/h9,13-19,31,39-43,51,67,74H,6-8,10-12,20-30H2,1-5H3,(H2,59,83)(H2,60,84)(H,61,75)(H,62,77)(H,63,78)(H,64,85)(H,65,86)(H,66,88)(H,68,80)(H,69,81)(H,70,76)(H,71,79)(H,72,87)(H,73,82)/t31-,39+,40+,41+,42+,43+,51+/m1/s1. The summed E-state index contributed by atoms with van der Waals surface area (Å²) in [7, 11) is 0. The van der Waals surface area contributed by atoms with Crippen LogP contribution in [0.4, 0.5) is 4.39 Å². The van der Waals surface area contributed by atoms with E-state index in [-0.39, 0.29) is 36.7 Å². The van der Waals surface area contributed by atoms with Gasteiger partial charge in [-0.1, -0.05) is 57.9 Å². The molecule has 0 bridgehead atoms. The van der Waals surface area contributed by atoms with Crippen molar-refractivity contribution in [2.45, 2.75) is 133 Å². The van der Waals surface area contributed by atoms with Crippen LogP contribution in [0.2, 0.25) is 0 Å². The first kappa shape index (κ1) is 75.4. The van der Waals surface area contributed by atoms with Gasteiger partial charge in [0.25, 0.3) is 0 Å². The molecule has 2 aromatic carbocycles. The van der Waals surface area contributed by atoms with Crippen molar-refractivity contribution < 1.29 is 76.6 Å².